The second-order valence-electron chi connectivity index (χ2n) is 7.81. The maximum Gasteiger partial charge on any atom is 0.420 e. The Balaban J connectivity index is 1.55. The highest BCUT2D eigenvalue weighted by atomic mass is 19.4. The molecule has 7 nitrogen and oxygen atoms in total. The number of furan rings is 1. The fraction of sp³-hybridized carbons (Fsp3) is 0.115. The Morgan fingerprint density at radius 3 is 2.42 bits per heavy atom. The van der Waals surface area contributed by atoms with Crippen LogP contribution in [-0.4, -0.2) is 29.0 Å². The summed E-state index contributed by atoms with van der Waals surface area (Å²) in [5, 5.41) is 14.7. The molecule has 0 aliphatic carbocycles. The molecule has 2 heterocycles. The SMILES string of the molecule is CNc1ccc(/C=C/C(=O)NCc2cc3cc(-c4ccc(C(=O)O)cc4)cc(C(F)(F)F)c3o2)cn1. The number of anilines is 1. The predicted molar refractivity (Wildman–Crippen MR) is 128 cm³/mol. The van der Waals surface area contributed by atoms with Crippen LogP contribution in [-0.2, 0) is 17.5 Å². The van der Waals surface area contributed by atoms with E-state index in [1.54, 1.807) is 31.5 Å². The van der Waals surface area contributed by atoms with E-state index in [1.807, 2.05) is 0 Å². The maximum atomic E-state index is 13.8. The van der Waals surface area contributed by atoms with Crippen LogP contribution in [0.15, 0.2) is 71.3 Å². The molecule has 0 unspecified atom stereocenters. The zero-order valence-electron chi connectivity index (χ0n) is 18.9. The van der Waals surface area contributed by atoms with Gasteiger partial charge in [0.15, 0.2) is 0 Å². The molecular weight excluding hydrogens is 475 g/mol. The summed E-state index contributed by atoms with van der Waals surface area (Å²) in [5.41, 5.74) is 0.0927. The highest BCUT2D eigenvalue weighted by Gasteiger charge is 2.35. The van der Waals surface area contributed by atoms with Crippen molar-refractivity contribution >= 4 is 34.7 Å². The van der Waals surface area contributed by atoms with E-state index < -0.39 is 23.6 Å². The van der Waals surface area contributed by atoms with Gasteiger partial charge in [-0.1, -0.05) is 12.1 Å². The normalized spacial score (nSPS) is 11.7. The van der Waals surface area contributed by atoms with E-state index in [-0.39, 0.29) is 34.4 Å². The fourth-order valence-electron chi connectivity index (χ4n) is 3.53. The summed E-state index contributed by atoms with van der Waals surface area (Å²) in [5.74, 6) is -0.757. The summed E-state index contributed by atoms with van der Waals surface area (Å²) in [4.78, 5) is 27.4. The Morgan fingerprint density at radius 1 is 1.06 bits per heavy atom. The molecule has 0 radical (unpaired) electrons. The van der Waals surface area contributed by atoms with Crippen molar-refractivity contribution in [3.05, 3.63) is 89.3 Å². The van der Waals surface area contributed by atoms with E-state index in [0.717, 1.165) is 6.07 Å². The molecule has 4 aromatic rings. The third-order valence-electron chi connectivity index (χ3n) is 5.34. The predicted octanol–water partition coefficient (Wildman–Crippen LogP) is 5.58. The lowest BCUT2D eigenvalue weighted by molar-refractivity contribution is -0.136. The lowest BCUT2D eigenvalue weighted by Crippen LogP contribution is -2.19. The van der Waals surface area contributed by atoms with Gasteiger partial charge >= 0.3 is 12.1 Å². The third kappa shape index (κ3) is 5.54. The van der Waals surface area contributed by atoms with E-state index in [2.05, 4.69) is 15.6 Å². The Labute approximate surface area is 203 Å². The number of carboxylic acid groups (broad SMARTS) is 1. The van der Waals surface area contributed by atoms with E-state index in [1.165, 1.54) is 42.5 Å². The number of hydrogen-bond acceptors (Lipinski definition) is 5. The molecule has 0 fully saturated rings. The molecule has 2 aromatic carbocycles. The number of alkyl halides is 3. The number of carbonyl (C=O) groups is 2. The van der Waals surface area contributed by atoms with E-state index in [4.69, 9.17) is 9.52 Å². The summed E-state index contributed by atoms with van der Waals surface area (Å²) in [7, 11) is 1.74. The number of hydrogen-bond donors (Lipinski definition) is 3. The maximum absolute atomic E-state index is 13.8. The first-order valence-corrected chi connectivity index (χ1v) is 10.7. The number of fused-ring (bicyclic) bond motifs is 1. The molecule has 184 valence electrons. The number of pyridine rings is 1. The number of amides is 1. The Kier molecular flexibility index (Phi) is 6.77. The lowest BCUT2D eigenvalue weighted by Gasteiger charge is -2.10. The van der Waals surface area contributed by atoms with Crippen LogP contribution in [0.4, 0.5) is 19.0 Å². The molecule has 0 aliphatic rings. The first-order chi connectivity index (χ1) is 17.1. The van der Waals surface area contributed by atoms with Gasteiger partial charge in [0.1, 0.15) is 17.2 Å². The summed E-state index contributed by atoms with van der Waals surface area (Å²) in [6.45, 7) is -0.116. The van der Waals surface area contributed by atoms with Crippen molar-refractivity contribution in [2.24, 2.45) is 0 Å². The van der Waals surface area contributed by atoms with Crippen LogP contribution in [0.5, 0.6) is 0 Å². The van der Waals surface area contributed by atoms with Crippen molar-refractivity contribution < 1.29 is 32.3 Å². The number of aromatic carboxylic acids is 1. The van der Waals surface area contributed by atoms with Crippen molar-refractivity contribution in [3.63, 3.8) is 0 Å². The smallest absolute Gasteiger partial charge is 0.420 e. The zero-order chi connectivity index (χ0) is 25.9. The molecule has 2 aromatic heterocycles. The molecule has 3 N–H and O–H groups in total. The molecule has 0 atom stereocenters. The molecule has 0 saturated carbocycles. The van der Waals surface area contributed by atoms with Crippen LogP contribution in [0.1, 0.15) is 27.2 Å². The molecule has 0 spiro atoms. The number of carbonyl (C=O) groups excluding carboxylic acids is 1. The van der Waals surface area contributed by atoms with Crippen molar-refractivity contribution in [1.82, 2.24) is 10.3 Å². The van der Waals surface area contributed by atoms with E-state index in [9.17, 15) is 22.8 Å². The van der Waals surface area contributed by atoms with Crippen LogP contribution in [0.2, 0.25) is 0 Å². The minimum atomic E-state index is -4.69. The Morgan fingerprint density at radius 2 is 1.81 bits per heavy atom. The van der Waals surface area contributed by atoms with Crippen molar-refractivity contribution in [1.29, 1.82) is 0 Å². The van der Waals surface area contributed by atoms with Gasteiger partial charge < -0.3 is 20.2 Å². The molecule has 10 heteroatoms. The van der Waals surface area contributed by atoms with Crippen LogP contribution < -0.4 is 10.6 Å². The quantitative estimate of drug-likeness (QED) is 0.289. The number of rotatable bonds is 7. The summed E-state index contributed by atoms with van der Waals surface area (Å²) >= 11 is 0. The van der Waals surface area contributed by atoms with Gasteiger partial charge in [-0.05, 0) is 65.2 Å². The average Bonchev–Trinajstić information content (AvgIpc) is 3.28. The van der Waals surface area contributed by atoms with Crippen LogP contribution in [0, 0.1) is 0 Å². The summed E-state index contributed by atoms with van der Waals surface area (Å²) in [6.07, 6.45) is -0.254. The Hall–Kier alpha value is -4.60. The summed E-state index contributed by atoms with van der Waals surface area (Å²) < 4.78 is 46.8. The van der Waals surface area contributed by atoms with Crippen molar-refractivity contribution in [2.45, 2.75) is 12.7 Å². The summed E-state index contributed by atoms with van der Waals surface area (Å²) in [6, 6.07) is 13.0. The van der Waals surface area contributed by atoms with Gasteiger partial charge in [-0.25, -0.2) is 9.78 Å². The topological polar surface area (TPSA) is 104 Å². The average molecular weight is 495 g/mol. The van der Waals surface area contributed by atoms with Gasteiger partial charge in [0.2, 0.25) is 5.91 Å². The lowest BCUT2D eigenvalue weighted by atomic mass is 9.99. The highest BCUT2D eigenvalue weighted by molar-refractivity contribution is 5.92. The standard InChI is InChI=1S/C26H20F3N3O4/c1-30-22-8-2-15(13-31-22)3-9-23(33)32-14-20-11-19-10-18(12-21(24(19)36-20)26(27,28)29)16-4-6-17(7-5-16)25(34)35/h2-13H,14H2,1H3,(H,30,31)(H,32,33)(H,34,35)/b9-3+. The largest absolute Gasteiger partial charge is 0.478 e. The highest BCUT2D eigenvalue weighted by Crippen LogP contribution is 2.39. The van der Waals surface area contributed by atoms with Gasteiger partial charge in [-0.15, -0.1) is 0 Å². The number of nitrogens with one attached hydrogen (secondary N) is 2. The molecule has 0 aliphatic heterocycles. The van der Waals surface area contributed by atoms with Gasteiger partial charge in [0.25, 0.3) is 0 Å². The molecule has 0 bridgehead atoms. The molecule has 1 amide bonds. The zero-order valence-corrected chi connectivity index (χ0v) is 18.9. The van der Waals surface area contributed by atoms with E-state index >= 15 is 0 Å². The monoisotopic (exact) mass is 495 g/mol. The van der Waals surface area contributed by atoms with E-state index in [0.29, 0.717) is 16.9 Å². The van der Waals surface area contributed by atoms with Crippen molar-refractivity contribution in [3.8, 4) is 11.1 Å². The second kappa shape index (κ2) is 9.95. The molecular formula is C26H20F3N3O4. The fourth-order valence-corrected chi connectivity index (χ4v) is 3.53. The first-order valence-electron chi connectivity index (χ1n) is 10.7. The number of halogens is 3. The minimum absolute atomic E-state index is 0.0255. The second-order valence-corrected chi connectivity index (χ2v) is 7.81. The van der Waals surface area contributed by atoms with Gasteiger partial charge in [0, 0.05) is 24.7 Å². The van der Waals surface area contributed by atoms with Crippen LogP contribution in [0.25, 0.3) is 28.2 Å². The number of nitrogens with zero attached hydrogens (tertiary/aromatic N) is 1. The van der Waals surface area contributed by atoms with Crippen LogP contribution in [0.3, 0.4) is 0 Å². The van der Waals surface area contributed by atoms with Gasteiger partial charge in [-0.3, -0.25) is 4.79 Å². The number of aromatic nitrogens is 1. The number of benzene rings is 2. The Bertz CT molecular complexity index is 1440. The number of carboxylic acids is 1. The van der Waals surface area contributed by atoms with Crippen LogP contribution >= 0.6 is 0 Å². The van der Waals surface area contributed by atoms with Crippen molar-refractivity contribution in [2.75, 3.05) is 12.4 Å². The molecule has 36 heavy (non-hydrogen) atoms. The molecule has 4 rings (SSSR count). The minimum Gasteiger partial charge on any atom is -0.478 e. The molecule has 0 saturated heterocycles. The first kappa shape index (κ1) is 24.5. The van der Waals surface area contributed by atoms with Gasteiger partial charge in [-0.2, -0.15) is 13.2 Å². The third-order valence-corrected chi connectivity index (χ3v) is 5.34. The van der Waals surface area contributed by atoms with Gasteiger partial charge in [0.05, 0.1) is 17.7 Å².